The SMILES string of the molecule is CC(C)(O)C(C)(C)OBc1ccc(-c2nc(-c3ccccc3)nc(-c3ccccc3)n2)cc1. The second kappa shape index (κ2) is 9.26. The van der Waals surface area contributed by atoms with Gasteiger partial charge in [-0.05, 0) is 27.7 Å². The largest absolute Gasteiger partial charge is 0.427 e. The second-order valence-electron chi connectivity index (χ2n) is 9.09. The molecule has 4 rings (SSSR count). The number of hydrogen-bond acceptors (Lipinski definition) is 5. The van der Waals surface area contributed by atoms with Crippen LogP contribution in [0.5, 0.6) is 0 Å². The van der Waals surface area contributed by atoms with E-state index >= 15 is 0 Å². The van der Waals surface area contributed by atoms with Gasteiger partial charge >= 0.3 is 7.48 Å². The molecule has 0 fully saturated rings. The van der Waals surface area contributed by atoms with E-state index in [9.17, 15) is 5.11 Å². The van der Waals surface area contributed by atoms with Gasteiger partial charge in [0.1, 0.15) is 0 Å². The van der Waals surface area contributed by atoms with Crippen molar-refractivity contribution in [1.82, 2.24) is 15.0 Å². The van der Waals surface area contributed by atoms with Gasteiger partial charge in [-0.25, -0.2) is 15.0 Å². The fourth-order valence-electron chi connectivity index (χ4n) is 3.13. The van der Waals surface area contributed by atoms with Crippen LogP contribution >= 0.6 is 0 Å². The van der Waals surface area contributed by atoms with Crippen molar-refractivity contribution in [1.29, 1.82) is 0 Å². The molecular formula is C27H28BN3O2. The summed E-state index contributed by atoms with van der Waals surface area (Å²) in [4.78, 5) is 14.3. The molecule has 0 spiro atoms. The van der Waals surface area contributed by atoms with E-state index in [1.165, 1.54) is 0 Å². The molecule has 166 valence electrons. The number of rotatable bonds is 7. The highest BCUT2D eigenvalue weighted by Crippen LogP contribution is 2.25. The van der Waals surface area contributed by atoms with Gasteiger partial charge in [0.05, 0.1) is 11.2 Å². The molecule has 0 unspecified atom stereocenters. The molecule has 0 amide bonds. The Morgan fingerprint density at radius 1 is 0.606 bits per heavy atom. The van der Waals surface area contributed by atoms with Gasteiger partial charge in [0.15, 0.2) is 17.5 Å². The molecule has 1 aromatic heterocycles. The maximum atomic E-state index is 10.3. The molecule has 4 aromatic rings. The van der Waals surface area contributed by atoms with Gasteiger partial charge in [-0.1, -0.05) is 90.4 Å². The van der Waals surface area contributed by atoms with Crippen molar-refractivity contribution in [2.75, 3.05) is 0 Å². The van der Waals surface area contributed by atoms with E-state index in [0.717, 1.165) is 22.2 Å². The summed E-state index contributed by atoms with van der Waals surface area (Å²) < 4.78 is 5.99. The molecule has 0 aliphatic heterocycles. The van der Waals surface area contributed by atoms with Gasteiger partial charge in [0.25, 0.3) is 0 Å². The number of aromatic nitrogens is 3. The third-order valence-corrected chi connectivity index (χ3v) is 5.98. The summed E-state index contributed by atoms with van der Waals surface area (Å²) >= 11 is 0. The van der Waals surface area contributed by atoms with Crippen LogP contribution in [-0.4, -0.2) is 38.7 Å². The predicted octanol–water partition coefficient (Wildman–Crippen LogP) is 4.42. The molecule has 6 heteroatoms. The van der Waals surface area contributed by atoms with E-state index < -0.39 is 11.2 Å². The summed E-state index contributed by atoms with van der Waals surface area (Å²) in [5.41, 5.74) is 2.18. The fourth-order valence-corrected chi connectivity index (χ4v) is 3.13. The molecule has 5 nitrogen and oxygen atoms in total. The highest BCUT2D eigenvalue weighted by atomic mass is 16.5. The molecule has 3 aromatic carbocycles. The predicted molar refractivity (Wildman–Crippen MR) is 134 cm³/mol. The van der Waals surface area contributed by atoms with Crippen LogP contribution in [0.15, 0.2) is 84.9 Å². The number of aliphatic hydroxyl groups is 1. The molecular weight excluding hydrogens is 409 g/mol. The zero-order valence-electron chi connectivity index (χ0n) is 19.5. The Labute approximate surface area is 195 Å². The van der Waals surface area contributed by atoms with Crippen LogP contribution in [0.3, 0.4) is 0 Å². The van der Waals surface area contributed by atoms with Crippen molar-refractivity contribution in [3.05, 3.63) is 84.9 Å². The van der Waals surface area contributed by atoms with Crippen molar-refractivity contribution in [2.24, 2.45) is 0 Å². The highest BCUT2D eigenvalue weighted by molar-refractivity contribution is 6.47. The van der Waals surface area contributed by atoms with Gasteiger partial charge in [-0.15, -0.1) is 0 Å². The van der Waals surface area contributed by atoms with Crippen LogP contribution in [0.2, 0.25) is 0 Å². The van der Waals surface area contributed by atoms with E-state index in [-0.39, 0.29) is 0 Å². The minimum absolute atomic E-state index is 0.402. The van der Waals surface area contributed by atoms with Crippen molar-refractivity contribution >= 4 is 12.9 Å². The lowest BCUT2D eigenvalue weighted by Gasteiger charge is -2.37. The Hall–Kier alpha value is -3.35. The Balaban J connectivity index is 1.65. The molecule has 1 N–H and O–H groups in total. The lowest BCUT2D eigenvalue weighted by atomic mass is 9.82. The van der Waals surface area contributed by atoms with Crippen LogP contribution in [0.4, 0.5) is 0 Å². The summed E-state index contributed by atoms with van der Waals surface area (Å²) in [6.45, 7) is 7.29. The molecule has 0 aliphatic rings. The Bertz CT molecular complexity index is 1150. The van der Waals surface area contributed by atoms with E-state index in [2.05, 4.69) is 0 Å². The van der Waals surface area contributed by atoms with Crippen LogP contribution in [0.1, 0.15) is 27.7 Å². The molecule has 0 saturated carbocycles. The monoisotopic (exact) mass is 437 g/mol. The summed E-state index contributed by atoms with van der Waals surface area (Å²) in [6.07, 6.45) is 0. The highest BCUT2D eigenvalue weighted by Gasteiger charge is 2.35. The molecule has 0 bridgehead atoms. The lowest BCUT2D eigenvalue weighted by Crippen LogP contribution is -2.49. The minimum atomic E-state index is -0.945. The van der Waals surface area contributed by atoms with Crippen LogP contribution in [0, 0.1) is 0 Å². The summed E-state index contributed by atoms with van der Waals surface area (Å²) in [5.74, 6) is 1.89. The third-order valence-electron chi connectivity index (χ3n) is 5.98. The van der Waals surface area contributed by atoms with Gasteiger partial charge in [0, 0.05) is 16.7 Å². The van der Waals surface area contributed by atoms with E-state index in [4.69, 9.17) is 19.6 Å². The number of benzene rings is 3. The average molecular weight is 437 g/mol. The van der Waals surface area contributed by atoms with Gasteiger partial charge < -0.3 is 9.76 Å². The zero-order valence-corrected chi connectivity index (χ0v) is 19.5. The molecule has 33 heavy (non-hydrogen) atoms. The Kier molecular flexibility index (Phi) is 6.41. The molecule has 0 atom stereocenters. The fraction of sp³-hybridized carbons (Fsp3) is 0.222. The van der Waals surface area contributed by atoms with E-state index in [1.807, 2.05) is 98.8 Å². The maximum Gasteiger partial charge on any atom is 0.309 e. The normalized spacial score (nSPS) is 11.9. The quantitative estimate of drug-likeness (QED) is 0.434. The van der Waals surface area contributed by atoms with E-state index in [0.29, 0.717) is 25.0 Å². The first-order valence-corrected chi connectivity index (χ1v) is 11.1. The molecule has 0 aliphatic carbocycles. The lowest BCUT2D eigenvalue weighted by molar-refractivity contribution is -0.0893. The van der Waals surface area contributed by atoms with Crippen LogP contribution < -0.4 is 5.46 Å². The molecule has 1 heterocycles. The topological polar surface area (TPSA) is 68.1 Å². The van der Waals surface area contributed by atoms with Crippen molar-refractivity contribution < 1.29 is 9.76 Å². The third kappa shape index (κ3) is 5.36. The summed E-state index contributed by atoms with van der Waals surface area (Å²) in [5, 5.41) is 10.3. The standard InChI is InChI=1S/C27H28BN3O2/c1-26(2,32)27(3,4)33-28-22-17-15-21(16-18-22)25-30-23(19-11-7-5-8-12-19)29-24(31-25)20-13-9-6-10-14-20/h5-18,28,32H,1-4H3. The Morgan fingerprint density at radius 2 is 1.00 bits per heavy atom. The van der Waals surface area contributed by atoms with Gasteiger partial charge in [-0.3, -0.25) is 0 Å². The molecule has 0 radical (unpaired) electrons. The van der Waals surface area contributed by atoms with Gasteiger partial charge in [-0.2, -0.15) is 0 Å². The van der Waals surface area contributed by atoms with Crippen molar-refractivity contribution in [3.63, 3.8) is 0 Å². The van der Waals surface area contributed by atoms with Crippen molar-refractivity contribution in [3.8, 4) is 34.2 Å². The molecule has 0 saturated heterocycles. The Morgan fingerprint density at radius 3 is 1.39 bits per heavy atom. The second-order valence-corrected chi connectivity index (χ2v) is 9.09. The van der Waals surface area contributed by atoms with Crippen LogP contribution in [0.25, 0.3) is 34.2 Å². The summed E-state index contributed by atoms with van der Waals surface area (Å²) in [6, 6.07) is 27.9. The number of hydrogen-bond donors (Lipinski definition) is 1. The smallest absolute Gasteiger partial charge is 0.309 e. The van der Waals surface area contributed by atoms with Crippen molar-refractivity contribution in [2.45, 2.75) is 38.9 Å². The number of nitrogens with zero attached hydrogens (tertiary/aromatic N) is 3. The van der Waals surface area contributed by atoms with Gasteiger partial charge in [0.2, 0.25) is 0 Å². The maximum absolute atomic E-state index is 10.3. The van der Waals surface area contributed by atoms with Crippen LogP contribution in [-0.2, 0) is 4.65 Å². The first kappa shape index (κ1) is 22.8. The van der Waals surface area contributed by atoms with E-state index in [1.54, 1.807) is 13.8 Å². The summed E-state index contributed by atoms with van der Waals surface area (Å²) in [7, 11) is 0.402. The first-order valence-electron chi connectivity index (χ1n) is 11.1. The first-order chi connectivity index (χ1) is 15.7. The average Bonchev–Trinajstić information content (AvgIpc) is 2.83. The zero-order chi connectivity index (χ0) is 23.5. The minimum Gasteiger partial charge on any atom is -0.427 e.